The second kappa shape index (κ2) is 8.90. The highest BCUT2D eigenvalue weighted by Gasteiger charge is 2.16. The summed E-state index contributed by atoms with van der Waals surface area (Å²) in [6.45, 7) is 1.91. The maximum Gasteiger partial charge on any atom is 0.258 e. The molecule has 5 aromatic rings. The zero-order valence-electron chi connectivity index (χ0n) is 17.1. The number of fused-ring (bicyclic) bond motifs is 1. The number of hydrogen-bond acceptors (Lipinski definition) is 6. The number of rotatable bonds is 6. The molecule has 0 unspecified atom stereocenters. The van der Waals surface area contributed by atoms with Gasteiger partial charge in [-0.15, -0.1) is 21.5 Å². The molecule has 0 spiro atoms. The Balaban J connectivity index is 1.48. The van der Waals surface area contributed by atoms with Crippen LogP contribution < -0.4 is 5.56 Å². The van der Waals surface area contributed by atoms with Gasteiger partial charge in [-0.3, -0.25) is 13.8 Å². The van der Waals surface area contributed by atoms with Crippen LogP contribution in [-0.2, 0) is 12.2 Å². The summed E-state index contributed by atoms with van der Waals surface area (Å²) in [5.41, 5.74) is 3.64. The van der Waals surface area contributed by atoms with E-state index < -0.39 is 0 Å². The quantitative estimate of drug-likeness (QED) is 0.314. The summed E-state index contributed by atoms with van der Waals surface area (Å²) in [5.74, 6) is 1.35. The van der Waals surface area contributed by atoms with Gasteiger partial charge in [-0.25, -0.2) is 4.98 Å². The topological polar surface area (TPSA) is 65.1 Å². The van der Waals surface area contributed by atoms with Gasteiger partial charge < -0.3 is 0 Å². The van der Waals surface area contributed by atoms with Crippen LogP contribution in [0.4, 0.5) is 0 Å². The molecule has 0 aliphatic rings. The van der Waals surface area contributed by atoms with E-state index in [1.54, 1.807) is 10.5 Å². The van der Waals surface area contributed by atoms with Crippen molar-refractivity contribution in [1.29, 1.82) is 0 Å². The van der Waals surface area contributed by atoms with Crippen LogP contribution in [0.15, 0.2) is 76.0 Å². The first kappa shape index (κ1) is 20.9. The summed E-state index contributed by atoms with van der Waals surface area (Å²) in [4.78, 5) is 17.8. The van der Waals surface area contributed by atoms with Crippen molar-refractivity contribution in [2.24, 2.45) is 0 Å². The number of aromatic nitrogens is 5. The van der Waals surface area contributed by atoms with Crippen LogP contribution in [0.25, 0.3) is 10.6 Å². The maximum atomic E-state index is 12.5. The second-order valence-electron chi connectivity index (χ2n) is 7.24. The first-order chi connectivity index (χ1) is 15.6. The number of aryl methyl sites for hydroxylation is 1. The van der Waals surface area contributed by atoms with E-state index in [1.165, 1.54) is 23.1 Å². The third-order valence-corrected chi connectivity index (χ3v) is 7.13. The van der Waals surface area contributed by atoms with Crippen molar-refractivity contribution in [3.63, 3.8) is 0 Å². The fraction of sp³-hybridized carbons (Fsp3) is 0.130. The smallest absolute Gasteiger partial charge is 0.258 e. The predicted molar refractivity (Wildman–Crippen MR) is 129 cm³/mol. The molecule has 9 heteroatoms. The van der Waals surface area contributed by atoms with Gasteiger partial charge in [-0.1, -0.05) is 53.7 Å². The van der Waals surface area contributed by atoms with Crippen LogP contribution in [0.3, 0.4) is 0 Å². The number of hydrogen-bond donors (Lipinski definition) is 0. The molecule has 2 aromatic carbocycles. The van der Waals surface area contributed by atoms with E-state index in [1.807, 2.05) is 59.3 Å². The molecule has 5 rings (SSSR count). The van der Waals surface area contributed by atoms with Gasteiger partial charge >= 0.3 is 0 Å². The minimum Gasteiger partial charge on any atom is -0.274 e. The highest BCUT2D eigenvalue weighted by Crippen LogP contribution is 2.27. The monoisotopic (exact) mass is 479 g/mol. The molecule has 3 heterocycles. The second-order valence-corrected chi connectivity index (χ2v) is 9.46. The van der Waals surface area contributed by atoms with E-state index in [0.29, 0.717) is 22.2 Å². The standard InChI is InChI=1S/C23H18ClN5OS2/c1-15-13-31-22-25-18(12-21(30)28(15)22)14-32-23-27-26-20(11-16-5-3-2-4-6-16)29(23)19-9-7-17(24)8-10-19/h2-10,12-13H,11,14H2,1H3. The SMILES string of the molecule is Cc1csc2nc(CSc3nnc(Cc4ccccc4)n3-c3ccc(Cl)cc3)cc(=O)n12. The average Bonchev–Trinajstić information content (AvgIpc) is 3.37. The summed E-state index contributed by atoms with van der Waals surface area (Å²) in [6, 6.07) is 19.4. The van der Waals surface area contributed by atoms with Crippen LogP contribution >= 0.6 is 34.7 Å². The highest BCUT2D eigenvalue weighted by atomic mass is 35.5. The van der Waals surface area contributed by atoms with Gasteiger partial charge in [0.1, 0.15) is 5.82 Å². The molecule has 0 atom stereocenters. The molecule has 3 aromatic heterocycles. The molecule has 0 aliphatic heterocycles. The Morgan fingerprint density at radius 1 is 1.06 bits per heavy atom. The molecular weight excluding hydrogens is 462 g/mol. The largest absolute Gasteiger partial charge is 0.274 e. The summed E-state index contributed by atoms with van der Waals surface area (Å²) < 4.78 is 3.67. The normalized spacial score (nSPS) is 11.3. The lowest BCUT2D eigenvalue weighted by Gasteiger charge is -2.10. The van der Waals surface area contributed by atoms with E-state index in [-0.39, 0.29) is 5.56 Å². The Hall–Kier alpha value is -2.94. The van der Waals surface area contributed by atoms with E-state index >= 15 is 0 Å². The fourth-order valence-electron chi connectivity index (χ4n) is 3.45. The summed E-state index contributed by atoms with van der Waals surface area (Å²) in [5, 5.41) is 12.3. The molecule has 0 fully saturated rings. The third kappa shape index (κ3) is 4.21. The number of thioether (sulfide) groups is 1. The van der Waals surface area contributed by atoms with Gasteiger partial charge in [-0.05, 0) is 36.8 Å². The van der Waals surface area contributed by atoms with Crippen LogP contribution in [0.1, 0.15) is 22.8 Å². The van der Waals surface area contributed by atoms with Gasteiger partial charge in [0.05, 0.1) is 5.69 Å². The predicted octanol–water partition coefficient (Wildman–Crippen LogP) is 5.18. The Morgan fingerprint density at radius 3 is 2.62 bits per heavy atom. The zero-order chi connectivity index (χ0) is 22.1. The average molecular weight is 480 g/mol. The lowest BCUT2D eigenvalue weighted by atomic mass is 10.1. The van der Waals surface area contributed by atoms with Crippen LogP contribution in [0.2, 0.25) is 5.02 Å². The zero-order valence-corrected chi connectivity index (χ0v) is 19.5. The van der Waals surface area contributed by atoms with E-state index in [0.717, 1.165) is 33.6 Å². The summed E-state index contributed by atoms with van der Waals surface area (Å²) in [7, 11) is 0. The lowest BCUT2D eigenvalue weighted by Crippen LogP contribution is -2.14. The molecule has 0 bridgehead atoms. The van der Waals surface area contributed by atoms with Gasteiger partial charge in [-0.2, -0.15) is 0 Å². The number of halogens is 1. The molecule has 0 N–H and O–H groups in total. The molecule has 32 heavy (non-hydrogen) atoms. The van der Waals surface area contributed by atoms with Crippen LogP contribution in [0, 0.1) is 6.92 Å². The highest BCUT2D eigenvalue weighted by molar-refractivity contribution is 7.98. The first-order valence-electron chi connectivity index (χ1n) is 9.92. The molecule has 0 radical (unpaired) electrons. The molecule has 0 aliphatic carbocycles. The molecule has 160 valence electrons. The van der Waals surface area contributed by atoms with Crippen LogP contribution in [0.5, 0.6) is 0 Å². The molecule has 0 saturated heterocycles. The van der Waals surface area contributed by atoms with Crippen molar-refractivity contribution in [2.45, 2.75) is 24.3 Å². The Labute approximate surface area is 197 Å². The van der Waals surface area contributed by atoms with E-state index in [9.17, 15) is 4.79 Å². The fourth-order valence-corrected chi connectivity index (χ4v) is 5.33. The Morgan fingerprint density at radius 2 is 1.84 bits per heavy atom. The van der Waals surface area contributed by atoms with Crippen molar-refractivity contribution in [1.82, 2.24) is 24.1 Å². The Kier molecular flexibility index (Phi) is 5.82. The van der Waals surface area contributed by atoms with E-state index in [4.69, 9.17) is 11.6 Å². The van der Waals surface area contributed by atoms with Crippen molar-refractivity contribution >= 4 is 39.7 Å². The van der Waals surface area contributed by atoms with Crippen molar-refractivity contribution in [2.75, 3.05) is 0 Å². The van der Waals surface area contributed by atoms with Crippen LogP contribution in [-0.4, -0.2) is 24.1 Å². The summed E-state index contributed by atoms with van der Waals surface area (Å²) in [6.07, 6.45) is 0.650. The molecule has 0 amide bonds. The molecular formula is C23H18ClN5OS2. The number of nitrogens with zero attached hydrogens (tertiary/aromatic N) is 5. The van der Waals surface area contributed by atoms with Gasteiger partial charge in [0.15, 0.2) is 10.1 Å². The summed E-state index contributed by atoms with van der Waals surface area (Å²) >= 11 is 9.08. The number of thiazole rings is 1. The van der Waals surface area contributed by atoms with E-state index in [2.05, 4.69) is 27.3 Å². The minimum atomic E-state index is -0.0618. The third-order valence-electron chi connectivity index (χ3n) is 4.97. The van der Waals surface area contributed by atoms with Gasteiger partial charge in [0.25, 0.3) is 5.56 Å². The maximum absolute atomic E-state index is 12.5. The van der Waals surface area contributed by atoms with Crippen molar-refractivity contribution in [3.05, 3.63) is 104 Å². The first-order valence-corrected chi connectivity index (χ1v) is 12.2. The van der Waals surface area contributed by atoms with Crippen molar-refractivity contribution in [3.8, 4) is 5.69 Å². The van der Waals surface area contributed by atoms with Gasteiger partial charge in [0.2, 0.25) is 0 Å². The molecule has 0 saturated carbocycles. The van der Waals surface area contributed by atoms with Gasteiger partial charge in [0, 0.05) is 40.0 Å². The minimum absolute atomic E-state index is 0.0618. The Bertz CT molecular complexity index is 1440. The number of benzene rings is 2. The van der Waals surface area contributed by atoms with Crippen molar-refractivity contribution < 1.29 is 0 Å². The lowest BCUT2D eigenvalue weighted by molar-refractivity contribution is 0.847. The molecule has 6 nitrogen and oxygen atoms in total.